The van der Waals surface area contributed by atoms with E-state index in [2.05, 4.69) is 10.6 Å². The van der Waals surface area contributed by atoms with Crippen molar-refractivity contribution in [3.8, 4) is 0 Å². The maximum atomic E-state index is 11.9. The van der Waals surface area contributed by atoms with Gasteiger partial charge in [-0.05, 0) is 48.4 Å². The first kappa shape index (κ1) is 18.8. The highest BCUT2D eigenvalue weighted by Gasteiger charge is 2.09. The van der Waals surface area contributed by atoms with E-state index in [1.165, 1.54) is 0 Å². The molecular formula is C19H22ClN3O2. The van der Waals surface area contributed by atoms with Crippen LogP contribution in [0.3, 0.4) is 0 Å². The molecule has 0 atom stereocenters. The number of nitrogens with one attached hydrogen (secondary N) is 2. The number of amides is 2. The summed E-state index contributed by atoms with van der Waals surface area (Å²) in [6.45, 7) is 0.462. The standard InChI is InChI=1S/C19H22ClN3O2/c1-23(2)17-8-6-16(7-9-17)22-19(25)13-18(24)21-11-10-14-4-3-5-15(20)12-14/h3-9,12H,10-11,13H2,1-2H3,(H,21,24)(H,22,25). The van der Waals surface area contributed by atoms with Crippen LogP contribution >= 0.6 is 11.6 Å². The monoisotopic (exact) mass is 359 g/mol. The van der Waals surface area contributed by atoms with Crippen molar-refractivity contribution in [2.75, 3.05) is 30.9 Å². The molecule has 2 rings (SSSR count). The first-order chi connectivity index (χ1) is 11.9. The van der Waals surface area contributed by atoms with Gasteiger partial charge >= 0.3 is 0 Å². The molecular weight excluding hydrogens is 338 g/mol. The number of nitrogens with zero attached hydrogens (tertiary/aromatic N) is 1. The lowest BCUT2D eigenvalue weighted by Crippen LogP contribution is -2.29. The van der Waals surface area contributed by atoms with Crippen molar-refractivity contribution >= 4 is 34.8 Å². The van der Waals surface area contributed by atoms with Gasteiger partial charge in [-0.2, -0.15) is 0 Å². The summed E-state index contributed by atoms with van der Waals surface area (Å²) in [6.07, 6.45) is 0.463. The molecule has 5 nitrogen and oxygen atoms in total. The predicted octanol–water partition coefficient (Wildman–Crippen LogP) is 3.09. The number of benzene rings is 2. The van der Waals surface area contributed by atoms with E-state index >= 15 is 0 Å². The third-order valence-corrected chi connectivity index (χ3v) is 3.85. The maximum absolute atomic E-state index is 11.9. The predicted molar refractivity (Wildman–Crippen MR) is 102 cm³/mol. The summed E-state index contributed by atoms with van der Waals surface area (Å²) in [5.41, 5.74) is 2.75. The van der Waals surface area contributed by atoms with E-state index in [9.17, 15) is 9.59 Å². The number of halogens is 1. The molecule has 132 valence electrons. The molecule has 0 aliphatic heterocycles. The van der Waals surface area contributed by atoms with E-state index in [0.29, 0.717) is 23.7 Å². The fraction of sp³-hybridized carbons (Fsp3) is 0.263. The summed E-state index contributed by atoms with van der Waals surface area (Å²) >= 11 is 5.92. The Balaban J connectivity index is 1.73. The van der Waals surface area contributed by atoms with Crippen LogP contribution in [-0.2, 0) is 16.0 Å². The maximum Gasteiger partial charge on any atom is 0.233 e. The molecule has 2 aromatic carbocycles. The van der Waals surface area contributed by atoms with E-state index < -0.39 is 0 Å². The Morgan fingerprint density at radius 1 is 1.04 bits per heavy atom. The average Bonchev–Trinajstić information content (AvgIpc) is 2.55. The van der Waals surface area contributed by atoms with E-state index in [0.717, 1.165) is 11.3 Å². The Kier molecular flexibility index (Phi) is 6.83. The molecule has 0 saturated heterocycles. The van der Waals surface area contributed by atoms with Gasteiger partial charge in [0.1, 0.15) is 6.42 Å². The number of anilines is 2. The zero-order valence-corrected chi connectivity index (χ0v) is 15.1. The lowest BCUT2D eigenvalue weighted by Gasteiger charge is -2.13. The highest BCUT2D eigenvalue weighted by atomic mass is 35.5. The van der Waals surface area contributed by atoms with Crippen molar-refractivity contribution in [3.63, 3.8) is 0 Å². The number of hydrogen-bond acceptors (Lipinski definition) is 3. The summed E-state index contributed by atoms with van der Waals surface area (Å²) in [7, 11) is 3.89. The van der Waals surface area contributed by atoms with Crippen LogP contribution in [0.15, 0.2) is 48.5 Å². The molecule has 0 saturated carbocycles. The van der Waals surface area contributed by atoms with Crippen LogP contribution in [-0.4, -0.2) is 32.5 Å². The van der Waals surface area contributed by atoms with Crippen molar-refractivity contribution in [3.05, 3.63) is 59.1 Å². The van der Waals surface area contributed by atoms with Gasteiger partial charge in [-0.25, -0.2) is 0 Å². The van der Waals surface area contributed by atoms with E-state index in [1.54, 1.807) is 6.07 Å². The first-order valence-corrected chi connectivity index (χ1v) is 8.40. The van der Waals surface area contributed by atoms with Crippen LogP contribution in [0.5, 0.6) is 0 Å². The molecule has 0 heterocycles. The smallest absolute Gasteiger partial charge is 0.233 e. The summed E-state index contributed by atoms with van der Waals surface area (Å²) in [5.74, 6) is -0.637. The molecule has 0 fully saturated rings. The van der Waals surface area contributed by atoms with Gasteiger partial charge in [0.2, 0.25) is 11.8 Å². The Hall–Kier alpha value is -2.53. The van der Waals surface area contributed by atoms with Gasteiger partial charge in [-0.1, -0.05) is 23.7 Å². The van der Waals surface area contributed by atoms with Gasteiger partial charge in [0.05, 0.1) is 0 Å². The van der Waals surface area contributed by atoms with Crippen molar-refractivity contribution in [1.82, 2.24) is 5.32 Å². The van der Waals surface area contributed by atoms with Gasteiger partial charge in [-0.3, -0.25) is 9.59 Å². The third-order valence-electron chi connectivity index (χ3n) is 3.61. The van der Waals surface area contributed by atoms with Crippen molar-refractivity contribution in [1.29, 1.82) is 0 Å². The van der Waals surface area contributed by atoms with E-state index in [1.807, 2.05) is 61.5 Å². The molecule has 0 bridgehead atoms. The second-order valence-electron chi connectivity index (χ2n) is 5.90. The van der Waals surface area contributed by atoms with Gasteiger partial charge in [0.15, 0.2) is 0 Å². The van der Waals surface area contributed by atoms with Gasteiger partial charge in [0, 0.05) is 37.0 Å². The number of carbonyl (C=O) groups is 2. The Labute approximate surface area is 153 Å². The van der Waals surface area contributed by atoms with Crippen LogP contribution in [0, 0.1) is 0 Å². The summed E-state index contributed by atoms with van der Waals surface area (Å²) in [5, 5.41) is 6.13. The fourth-order valence-corrected chi connectivity index (χ4v) is 2.51. The van der Waals surface area contributed by atoms with E-state index in [-0.39, 0.29) is 18.2 Å². The largest absolute Gasteiger partial charge is 0.378 e. The quantitative estimate of drug-likeness (QED) is 0.747. The highest BCUT2D eigenvalue weighted by molar-refractivity contribution is 6.30. The van der Waals surface area contributed by atoms with E-state index in [4.69, 9.17) is 11.6 Å². The van der Waals surface area contributed by atoms with Gasteiger partial charge in [0.25, 0.3) is 0 Å². The Morgan fingerprint density at radius 3 is 2.40 bits per heavy atom. The van der Waals surface area contributed by atoms with Crippen molar-refractivity contribution in [2.45, 2.75) is 12.8 Å². The average molecular weight is 360 g/mol. The lowest BCUT2D eigenvalue weighted by molar-refractivity contribution is -0.126. The van der Waals surface area contributed by atoms with Gasteiger partial charge < -0.3 is 15.5 Å². The highest BCUT2D eigenvalue weighted by Crippen LogP contribution is 2.15. The number of hydrogen-bond donors (Lipinski definition) is 2. The fourth-order valence-electron chi connectivity index (χ4n) is 2.30. The van der Waals surface area contributed by atoms with Gasteiger partial charge in [-0.15, -0.1) is 0 Å². The summed E-state index contributed by atoms with van der Waals surface area (Å²) in [4.78, 5) is 25.7. The van der Waals surface area contributed by atoms with Crippen LogP contribution in [0.4, 0.5) is 11.4 Å². The molecule has 0 unspecified atom stereocenters. The zero-order valence-electron chi connectivity index (χ0n) is 14.4. The normalized spacial score (nSPS) is 10.2. The molecule has 0 spiro atoms. The first-order valence-electron chi connectivity index (χ1n) is 8.02. The van der Waals surface area contributed by atoms with Crippen LogP contribution in [0.2, 0.25) is 5.02 Å². The Bertz CT molecular complexity index is 730. The number of rotatable bonds is 7. The third kappa shape index (κ3) is 6.47. The molecule has 2 aromatic rings. The SMILES string of the molecule is CN(C)c1ccc(NC(=O)CC(=O)NCCc2cccc(Cl)c2)cc1. The van der Waals surface area contributed by atoms with Crippen LogP contribution < -0.4 is 15.5 Å². The zero-order chi connectivity index (χ0) is 18.2. The summed E-state index contributed by atoms with van der Waals surface area (Å²) < 4.78 is 0. The minimum absolute atomic E-state index is 0.203. The topological polar surface area (TPSA) is 61.4 Å². The van der Waals surface area contributed by atoms with Crippen molar-refractivity contribution in [2.24, 2.45) is 0 Å². The second kappa shape index (κ2) is 9.08. The molecule has 0 radical (unpaired) electrons. The van der Waals surface area contributed by atoms with Crippen molar-refractivity contribution < 1.29 is 9.59 Å². The van der Waals surface area contributed by atoms with Crippen LogP contribution in [0.1, 0.15) is 12.0 Å². The molecule has 0 aromatic heterocycles. The minimum Gasteiger partial charge on any atom is -0.378 e. The number of carbonyl (C=O) groups excluding carboxylic acids is 2. The molecule has 2 amide bonds. The summed E-state index contributed by atoms with van der Waals surface area (Å²) in [6, 6.07) is 14.9. The molecule has 0 aliphatic carbocycles. The minimum atomic E-state index is -0.335. The molecule has 2 N–H and O–H groups in total. The second-order valence-corrected chi connectivity index (χ2v) is 6.33. The van der Waals surface area contributed by atoms with Crippen LogP contribution in [0.25, 0.3) is 0 Å². The Morgan fingerprint density at radius 2 is 1.76 bits per heavy atom. The molecule has 25 heavy (non-hydrogen) atoms. The molecule has 0 aliphatic rings. The lowest BCUT2D eigenvalue weighted by atomic mass is 10.1. The molecule has 6 heteroatoms.